The molecule has 1 atom stereocenters. The largest absolute Gasteiger partial charge is 0.480 e. The van der Waals surface area contributed by atoms with E-state index in [4.69, 9.17) is 9.52 Å². The van der Waals surface area contributed by atoms with Crippen LogP contribution in [0.25, 0.3) is 0 Å². The van der Waals surface area contributed by atoms with Crippen LogP contribution in [0.15, 0.2) is 22.8 Å². The number of carbonyl (C=O) groups excluding carboxylic acids is 1. The van der Waals surface area contributed by atoms with Gasteiger partial charge in [0.05, 0.1) is 12.7 Å². The number of amides is 1. The van der Waals surface area contributed by atoms with Crippen molar-refractivity contribution >= 4 is 11.9 Å². The zero-order valence-electron chi connectivity index (χ0n) is 9.27. The third kappa shape index (κ3) is 3.42. The Bertz CT molecular complexity index is 356. The van der Waals surface area contributed by atoms with Gasteiger partial charge in [0.15, 0.2) is 0 Å². The van der Waals surface area contributed by atoms with Gasteiger partial charge >= 0.3 is 5.97 Å². The molecule has 0 aromatic carbocycles. The topological polar surface area (TPSA) is 79.5 Å². The van der Waals surface area contributed by atoms with Gasteiger partial charge in [-0.05, 0) is 18.1 Å². The van der Waals surface area contributed by atoms with Crippen LogP contribution in [0, 0.1) is 5.92 Å². The molecule has 1 aromatic rings. The maximum atomic E-state index is 11.5. The normalized spacial score (nSPS) is 12.4. The lowest BCUT2D eigenvalue weighted by Gasteiger charge is -2.17. The van der Waals surface area contributed by atoms with Crippen LogP contribution in [0.4, 0.5) is 0 Å². The fourth-order valence-corrected chi connectivity index (χ4v) is 1.31. The highest BCUT2D eigenvalue weighted by Crippen LogP contribution is 2.04. The van der Waals surface area contributed by atoms with E-state index >= 15 is 0 Å². The van der Waals surface area contributed by atoms with Crippen LogP contribution >= 0.6 is 0 Å². The van der Waals surface area contributed by atoms with Gasteiger partial charge < -0.3 is 14.8 Å². The summed E-state index contributed by atoms with van der Waals surface area (Å²) in [5.41, 5.74) is 0. The number of carboxylic acid groups (broad SMARTS) is 1. The molecule has 1 rings (SSSR count). The van der Waals surface area contributed by atoms with E-state index in [1.54, 1.807) is 26.0 Å². The van der Waals surface area contributed by atoms with Crippen LogP contribution in [0.2, 0.25) is 0 Å². The lowest BCUT2D eigenvalue weighted by molar-refractivity contribution is -0.143. The van der Waals surface area contributed by atoms with Gasteiger partial charge in [0, 0.05) is 0 Å². The van der Waals surface area contributed by atoms with Crippen LogP contribution in [0.3, 0.4) is 0 Å². The van der Waals surface area contributed by atoms with Crippen molar-refractivity contribution in [3.63, 3.8) is 0 Å². The second-order valence-corrected chi connectivity index (χ2v) is 3.88. The van der Waals surface area contributed by atoms with Crippen LogP contribution in [-0.2, 0) is 16.0 Å². The second kappa shape index (κ2) is 5.34. The third-order valence-electron chi connectivity index (χ3n) is 2.16. The van der Waals surface area contributed by atoms with E-state index in [-0.39, 0.29) is 18.2 Å². The smallest absolute Gasteiger partial charge is 0.326 e. The molecule has 0 aliphatic heterocycles. The molecule has 0 fully saturated rings. The highest BCUT2D eigenvalue weighted by molar-refractivity contribution is 5.84. The number of nitrogens with one attached hydrogen (secondary N) is 1. The summed E-state index contributed by atoms with van der Waals surface area (Å²) >= 11 is 0. The Kier molecular flexibility index (Phi) is 4.10. The van der Waals surface area contributed by atoms with Gasteiger partial charge in [0.25, 0.3) is 0 Å². The van der Waals surface area contributed by atoms with Crippen molar-refractivity contribution in [3.05, 3.63) is 24.2 Å². The lowest BCUT2D eigenvalue weighted by atomic mass is 10.0. The number of carbonyl (C=O) groups is 2. The minimum absolute atomic E-state index is 0.0590. The SMILES string of the molecule is CC(C)[C@H](NC(=O)Cc1ccco1)C(=O)O. The molecule has 0 bridgehead atoms. The van der Waals surface area contributed by atoms with Crippen LogP contribution < -0.4 is 5.32 Å². The van der Waals surface area contributed by atoms with Crippen LogP contribution in [-0.4, -0.2) is 23.0 Å². The van der Waals surface area contributed by atoms with Gasteiger partial charge in [-0.2, -0.15) is 0 Å². The van der Waals surface area contributed by atoms with Gasteiger partial charge in [-0.15, -0.1) is 0 Å². The first-order valence-electron chi connectivity index (χ1n) is 5.05. The van der Waals surface area contributed by atoms with Crippen molar-refractivity contribution in [1.82, 2.24) is 5.32 Å². The molecule has 16 heavy (non-hydrogen) atoms. The maximum Gasteiger partial charge on any atom is 0.326 e. The molecule has 5 heteroatoms. The fraction of sp³-hybridized carbons (Fsp3) is 0.455. The van der Waals surface area contributed by atoms with Crippen molar-refractivity contribution in [2.24, 2.45) is 5.92 Å². The number of aliphatic carboxylic acids is 1. The Morgan fingerprint density at radius 3 is 2.62 bits per heavy atom. The molecule has 1 aromatic heterocycles. The number of furan rings is 1. The molecule has 0 saturated heterocycles. The number of carboxylic acids is 1. The fourth-order valence-electron chi connectivity index (χ4n) is 1.31. The van der Waals surface area contributed by atoms with Gasteiger partial charge in [0.2, 0.25) is 5.91 Å². The van der Waals surface area contributed by atoms with E-state index in [1.165, 1.54) is 6.26 Å². The third-order valence-corrected chi connectivity index (χ3v) is 2.16. The first-order chi connectivity index (χ1) is 7.50. The van der Waals surface area contributed by atoms with Gasteiger partial charge in [-0.1, -0.05) is 13.8 Å². The van der Waals surface area contributed by atoms with Gasteiger partial charge in [0.1, 0.15) is 11.8 Å². The first-order valence-corrected chi connectivity index (χ1v) is 5.05. The quantitative estimate of drug-likeness (QED) is 0.784. The van der Waals surface area contributed by atoms with Crippen molar-refractivity contribution in [2.45, 2.75) is 26.3 Å². The van der Waals surface area contributed by atoms with Gasteiger partial charge in [-0.3, -0.25) is 4.79 Å². The molecule has 0 saturated carbocycles. The Morgan fingerprint density at radius 2 is 2.19 bits per heavy atom. The maximum absolute atomic E-state index is 11.5. The zero-order chi connectivity index (χ0) is 12.1. The number of hydrogen-bond acceptors (Lipinski definition) is 3. The van der Waals surface area contributed by atoms with Crippen molar-refractivity contribution in [1.29, 1.82) is 0 Å². The summed E-state index contributed by atoms with van der Waals surface area (Å²) in [5.74, 6) is -1.01. The molecule has 0 radical (unpaired) electrons. The summed E-state index contributed by atoms with van der Waals surface area (Å²) in [5, 5.41) is 11.3. The Labute approximate surface area is 93.4 Å². The molecule has 1 heterocycles. The zero-order valence-corrected chi connectivity index (χ0v) is 9.27. The minimum atomic E-state index is -1.03. The summed E-state index contributed by atoms with van der Waals surface area (Å²) in [6, 6.07) is 2.49. The van der Waals surface area contributed by atoms with Crippen LogP contribution in [0.1, 0.15) is 19.6 Å². The average molecular weight is 225 g/mol. The molecule has 5 nitrogen and oxygen atoms in total. The Morgan fingerprint density at radius 1 is 1.50 bits per heavy atom. The highest BCUT2D eigenvalue weighted by atomic mass is 16.4. The van der Waals surface area contributed by atoms with E-state index in [9.17, 15) is 9.59 Å². The monoisotopic (exact) mass is 225 g/mol. The predicted octanol–water partition coefficient (Wildman–Crippen LogP) is 1.05. The molecule has 0 aliphatic rings. The van der Waals surface area contributed by atoms with E-state index in [0.717, 1.165) is 0 Å². The Hall–Kier alpha value is -1.78. The van der Waals surface area contributed by atoms with Crippen molar-refractivity contribution in [2.75, 3.05) is 0 Å². The van der Waals surface area contributed by atoms with Crippen molar-refractivity contribution < 1.29 is 19.1 Å². The summed E-state index contributed by atoms with van der Waals surface area (Å²) < 4.78 is 5.00. The summed E-state index contributed by atoms with van der Waals surface area (Å²) in [7, 11) is 0. The summed E-state index contributed by atoms with van der Waals surface area (Å²) in [6.07, 6.45) is 1.53. The molecule has 2 N–H and O–H groups in total. The summed E-state index contributed by atoms with van der Waals surface area (Å²) in [6.45, 7) is 3.48. The Balaban J connectivity index is 2.52. The highest BCUT2D eigenvalue weighted by Gasteiger charge is 2.23. The second-order valence-electron chi connectivity index (χ2n) is 3.88. The number of hydrogen-bond donors (Lipinski definition) is 2. The molecule has 0 spiro atoms. The molecule has 0 unspecified atom stereocenters. The van der Waals surface area contributed by atoms with E-state index in [1.807, 2.05) is 0 Å². The molecule has 0 aliphatic carbocycles. The lowest BCUT2D eigenvalue weighted by Crippen LogP contribution is -2.44. The molecule has 1 amide bonds. The van der Waals surface area contributed by atoms with E-state index < -0.39 is 12.0 Å². The van der Waals surface area contributed by atoms with Gasteiger partial charge in [-0.25, -0.2) is 4.79 Å². The van der Waals surface area contributed by atoms with E-state index in [2.05, 4.69) is 5.32 Å². The number of rotatable bonds is 5. The standard InChI is InChI=1S/C11H15NO4/c1-7(2)10(11(14)15)12-9(13)6-8-4-3-5-16-8/h3-5,7,10H,6H2,1-2H3,(H,12,13)(H,14,15)/t10-/m0/s1. The summed E-state index contributed by atoms with van der Waals surface area (Å²) in [4.78, 5) is 22.3. The first kappa shape index (κ1) is 12.3. The minimum Gasteiger partial charge on any atom is -0.480 e. The van der Waals surface area contributed by atoms with Crippen LogP contribution in [0.5, 0.6) is 0 Å². The molecule has 88 valence electrons. The average Bonchev–Trinajstić information content (AvgIpc) is 2.65. The molecular formula is C11H15NO4. The van der Waals surface area contributed by atoms with E-state index in [0.29, 0.717) is 5.76 Å². The predicted molar refractivity (Wildman–Crippen MR) is 56.8 cm³/mol. The van der Waals surface area contributed by atoms with Crippen molar-refractivity contribution in [3.8, 4) is 0 Å². The molecular weight excluding hydrogens is 210 g/mol.